The number of aliphatic carboxylic acids is 1. The third kappa shape index (κ3) is 4.33. The standard InChI is InChI=1S/C15H21NO3/c17-13(10-15(18)19)9-11-4-6-12(7-5-11)14-3-1-2-8-16-14/h4-7,13-14,16-17H,1-3,8-10H2,(H,18,19). The number of hydrogen-bond acceptors (Lipinski definition) is 3. The molecule has 0 bridgehead atoms. The normalized spacial score (nSPS) is 21.0. The lowest BCUT2D eigenvalue weighted by Crippen LogP contribution is -2.26. The van der Waals surface area contributed by atoms with Crippen molar-refractivity contribution in [1.82, 2.24) is 5.32 Å². The van der Waals surface area contributed by atoms with Crippen LogP contribution in [0.3, 0.4) is 0 Å². The van der Waals surface area contributed by atoms with Gasteiger partial charge in [-0.25, -0.2) is 0 Å². The molecule has 0 amide bonds. The molecule has 2 rings (SSSR count). The third-order valence-electron chi connectivity index (χ3n) is 3.57. The van der Waals surface area contributed by atoms with Crippen molar-refractivity contribution in [3.63, 3.8) is 0 Å². The van der Waals surface area contributed by atoms with Gasteiger partial charge in [-0.3, -0.25) is 4.79 Å². The fraction of sp³-hybridized carbons (Fsp3) is 0.533. The van der Waals surface area contributed by atoms with E-state index in [4.69, 9.17) is 5.11 Å². The largest absolute Gasteiger partial charge is 0.481 e. The highest BCUT2D eigenvalue weighted by Crippen LogP contribution is 2.23. The average molecular weight is 263 g/mol. The second-order valence-electron chi connectivity index (χ2n) is 5.20. The minimum atomic E-state index is -0.962. The lowest BCUT2D eigenvalue weighted by atomic mass is 9.95. The van der Waals surface area contributed by atoms with E-state index in [-0.39, 0.29) is 6.42 Å². The monoisotopic (exact) mass is 263 g/mol. The minimum absolute atomic E-state index is 0.202. The molecule has 1 aliphatic heterocycles. The Hall–Kier alpha value is -1.39. The van der Waals surface area contributed by atoms with Crippen LogP contribution in [0, 0.1) is 0 Å². The first kappa shape index (κ1) is 14.0. The van der Waals surface area contributed by atoms with Gasteiger partial charge in [0.2, 0.25) is 0 Å². The fourth-order valence-electron chi connectivity index (χ4n) is 2.57. The van der Waals surface area contributed by atoms with Crippen LogP contribution in [0.25, 0.3) is 0 Å². The summed E-state index contributed by atoms with van der Waals surface area (Å²) in [5.41, 5.74) is 2.25. The summed E-state index contributed by atoms with van der Waals surface area (Å²) < 4.78 is 0. The molecular formula is C15H21NO3. The Kier molecular flexibility index (Phi) is 4.93. The van der Waals surface area contributed by atoms with Gasteiger partial charge in [0.25, 0.3) is 0 Å². The van der Waals surface area contributed by atoms with Crippen LogP contribution in [-0.2, 0) is 11.2 Å². The van der Waals surface area contributed by atoms with E-state index in [2.05, 4.69) is 17.4 Å². The van der Waals surface area contributed by atoms with Crippen molar-refractivity contribution in [3.05, 3.63) is 35.4 Å². The topological polar surface area (TPSA) is 69.6 Å². The molecule has 1 fully saturated rings. The van der Waals surface area contributed by atoms with Gasteiger partial charge in [0.1, 0.15) is 0 Å². The number of benzene rings is 1. The molecule has 0 aliphatic carbocycles. The van der Waals surface area contributed by atoms with Crippen molar-refractivity contribution in [2.24, 2.45) is 0 Å². The van der Waals surface area contributed by atoms with Gasteiger partial charge in [-0.1, -0.05) is 30.7 Å². The molecule has 104 valence electrons. The molecule has 0 radical (unpaired) electrons. The summed E-state index contributed by atoms with van der Waals surface area (Å²) >= 11 is 0. The molecule has 1 aromatic rings. The zero-order chi connectivity index (χ0) is 13.7. The van der Waals surface area contributed by atoms with Gasteiger partial charge in [-0.05, 0) is 36.9 Å². The summed E-state index contributed by atoms with van der Waals surface area (Å²) in [5, 5.41) is 21.7. The number of aliphatic hydroxyl groups excluding tert-OH is 1. The minimum Gasteiger partial charge on any atom is -0.481 e. The molecule has 1 heterocycles. The summed E-state index contributed by atoms with van der Waals surface area (Å²) in [4.78, 5) is 10.5. The predicted octanol–water partition coefficient (Wildman–Crippen LogP) is 1.88. The second kappa shape index (κ2) is 6.68. The van der Waals surface area contributed by atoms with Crippen LogP contribution < -0.4 is 5.32 Å². The van der Waals surface area contributed by atoms with Crippen molar-refractivity contribution in [2.75, 3.05) is 6.54 Å². The summed E-state index contributed by atoms with van der Waals surface area (Å²) in [6.45, 7) is 1.07. The Bertz CT molecular complexity index is 410. The van der Waals surface area contributed by atoms with Gasteiger partial charge in [0.05, 0.1) is 12.5 Å². The van der Waals surface area contributed by atoms with Gasteiger partial charge in [0.15, 0.2) is 0 Å². The Morgan fingerprint density at radius 1 is 1.32 bits per heavy atom. The Morgan fingerprint density at radius 2 is 2.05 bits per heavy atom. The fourth-order valence-corrected chi connectivity index (χ4v) is 2.57. The first-order valence-electron chi connectivity index (χ1n) is 6.87. The van der Waals surface area contributed by atoms with Crippen molar-refractivity contribution in [2.45, 2.75) is 44.2 Å². The molecule has 2 atom stereocenters. The van der Waals surface area contributed by atoms with E-state index in [9.17, 15) is 9.90 Å². The number of carbonyl (C=O) groups is 1. The summed E-state index contributed by atoms with van der Waals surface area (Å²) in [7, 11) is 0. The highest BCUT2D eigenvalue weighted by atomic mass is 16.4. The second-order valence-corrected chi connectivity index (χ2v) is 5.20. The molecule has 4 heteroatoms. The molecule has 0 aromatic heterocycles. The van der Waals surface area contributed by atoms with Crippen LogP contribution in [-0.4, -0.2) is 28.8 Å². The molecule has 2 unspecified atom stereocenters. The molecule has 1 saturated heterocycles. The number of hydrogen-bond donors (Lipinski definition) is 3. The van der Waals surface area contributed by atoms with Gasteiger partial charge in [0, 0.05) is 6.04 Å². The van der Waals surface area contributed by atoms with Crippen LogP contribution in [0.4, 0.5) is 0 Å². The van der Waals surface area contributed by atoms with Crippen molar-refractivity contribution >= 4 is 5.97 Å². The summed E-state index contributed by atoms with van der Waals surface area (Å²) in [5.74, 6) is -0.962. The van der Waals surface area contributed by atoms with Crippen LogP contribution in [0.2, 0.25) is 0 Å². The zero-order valence-electron chi connectivity index (χ0n) is 11.0. The van der Waals surface area contributed by atoms with Gasteiger partial charge in [-0.15, -0.1) is 0 Å². The molecule has 3 N–H and O–H groups in total. The number of nitrogens with one attached hydrogen (secondary N) is 1. The van der Waals surface area contributed by atoms with Crippen LogP contribution in [0.5, 0.6) is 0 Å². The highest BCUT2D eigenvalue weighted by molar-refractivity contribution is 5.67. The number of rotatable bonds is 5. The molecule has 0 spiro atoms. The van der Waals surface area contributed by atoms with E-state index in [1.807, 2.05) is 12.1 Å². The molecule has 4 nitrogen and oxygen atoms in total. The van der Waals surface area contributed by atoms with E-state index in [0.717, 1.165) is 12.1 Å². The van der Waals surface area contributed by atoms with Gasteiger partial charge < -0.3 is 15.5 Å². The first-order chi connectivity index (χ1) is 9.15. The van der Waals surface area contributed by atoms with Gasteiger partial charge >= 0.3 is 5.97 Å². The SMILES string of the molecule is O=C(O)CC(O)Cc1ccc(C2CCCCN2)cc1. The van der Waals surface area contributed by atoms with Crippen LogP contribution in [0.15, 0.2) is 24.3 Å². The molecule has 1 aromatic carbocycles. The molecule has 19 heavy (non-hydrogen) atoms. The average Bonchev–Trinajstić information content (AvgIpc) is 2.39. The first-order valence-corrected chi connectivity index (χ1v) is 6.87. The third-order valence-corrected chi connectivity index (χ3v) is 3.57. The smallest absolute Gasteiger partial charge is 0.305 e. The number of piperidine rings is 1. The Balaban J connectivity index is 1.92. The maximum Gasteiger partial charge on any atom is 0.305 e. The van der Waals surface area contributed by atoms with E-state index in [1.54, 1.807) is 0 Å². The van der Waals surface area contributed by atoms with Crippen LogP contribution >= 0.6 is 0 Å². The van der Waals surface area contributed by atoms with Crippen molar-refractivity contribution < 1.29 is 15.0 Å². The number of carboxylic acid groups (broad SMARTS) is 1. The summed E-state index contributed by atoms with van der Waals surface area (Å²) in [6, 6.07) is 8.55. The van der Waals surface area contributed by atoms with E-state index < -0.39 is 12.1 Å². The zero-order valence-corrected chi connectivity index (χ0v) is 11.0. The lowest BCUT2D eigenvalue weighted by molar-refractivity contribution is -0.139. The lowest BCUT2D eigenvalue weighted by Gasteiger charge is -2.24. The van der Waals surface area contributed by atoms with E-state index in [0.29, 0.717) is 12.5 Å². The maximum absolute atomic E-state index is 10.5. The van der Waals surface area contributed by atoms with Gasteiger partial charge in [-0.2, -0.15) is 0 Å². The number of aliphatic hydroxyl groups is 1. The quantitative estimate of drug-likeness (QED) is 0.758. The van der Waals surface area contributed by atoms with Crippen molar-refractivity contribution in [3.8, 4) is 0 Å². The predicted molar refractivity (Wildman–Crippen MR) is 73.0 cm³/mol. The van der Waals surface area contributed by atoms with Crippen molar-refractivity contribution in [1.29, 1.82) is 0 Å². The Morgan fingerprint density at radius 3 is 2.63 bits per heavy atom. The number of carboxylic acids is 1. The molecule has 1 aliphatic rings. The van der Waals surface area contributed by atoms with E-state index in [1.165, 1.54) is 24.8 Å². The van der Waals surface area contributed by atoms with Crippen LogP contribution in [0.1, 0.15) is 42.9 Å². The summed E-state index contributed by atoms with van der Waals surface area (Å²) in [6.07, 6.45) is 3.06. The highest BCUT2D eigenvalue weighted by Gasteiger charge is 2.15. The molecule has 0 saturated carbocycles. The molecular weight excluding hydrogens is 242 g/mol. The Labute approximate surface area is 113 Å². The van der Waals surface area contributed by atoms with E-state index >= 15 is 0 Å². The maximum atomic E-state index is 10.5.